The van der Waals surface area contributed by atoms with Gasteiger partial charge in [0.2, 0.25) is 0 Å². The Kier molecular flexibility index (Phi) is 5.78. The molecule has 1 amide bonds. The third-order valence-electron chi connectivity index (χ3n) is 4.34. The zero-order valence-corrected chi connectivity index (χ0v) is 15.5. The van der Waals surface area contributed by atoms with Gasteiger partial charge in [0.1, 0.15) is 5.69 Å². The molecule has 7 heteroatoms. The smallest absolute Gasteiger partial charge is 0.274 e. The maximum absolute atomic E-state index is 12.4. The Hall–Kier alpha value is -1.82. The summed E-state index contributed by atoms with van der Waals surface area (Å²) in [6, 6.07) is 8.60. The lowest BCUT2D eigenvalue weighted by Crippen LogP contribution is -2.46. The van der Waals surface area contributed by atoms with Crippen molar-refractivity contribution in [2.75, 3.05) is 42.9 Å². The molecular weight excluding hydrogens is 359 g/mol. The molecule has 0 spiro atoms. The van der Waals surface area contributed by atoms with Crippen LogP contribution in [0.3, 0.4) is 0 Å². The molecule has 3 rings (SSSR count). The predicted octanol–water partition coefficient (Wildman–Crippen LogP) is 3.78. The largest absolute Gasteiger partial charge is 0.368 e. The molecule has 1 N–H and O–H groups in total. The summed E-state index contributed by atoms with van der Waals surface area (Å²) in [4.78, 5) is 21.4. The Balaban J connectivity index is 1.66. The van der Waals surface area contributed by atoms with Crippen LogP contribution in [-0.4, -0.2) is 48.5 Å². The van der Waals surface area contributed by atoms with Crippen LogP contribution in [0.25, 0.3) is 0 Å². The first kappa shape index (κ1) is 18.0. The topological polar surface area (TPSA) is 48.5 Å². The van der Waals surface area contributed by atoms with Crippen LogP contribution in [0.1, 0.15) is 17.4 Å². The van der Waals surface area contributed by atoms with Crippen molar-refractivity contribution < 1.29 is 4.79 Å². The second kappa shape index (κ2) is 8.04. The molecule has 2 heterocycles. The van der Waals surface area contributed by atoms with E-state index in [1.165, 1.54) is 0 Å². The lowest BCUT2D eigenvalue weighted by molar-refractivity contribution is 0.102. The highest BCUT2D eigenvalue weighted by Gasteiger charge is 2.17. The van der Waals surface area contributed by atoms with E-state index in [0.29, 0.717) is 21.4 Å². The number of hydrogen-bond donors (Lipinski definition) is 1. The van der Waals surface area contributed by atoms with Gasteiger partial charge in [0, 0.05) is 31.2 Å². The average molecular weight is 379 g/mol. The summed E-state index contributed by atoms with van der Waals surface area (Å²) in [5.74, 6) is -0.313. The minimum absolute atomic E-state index is 0.313. The minimum Gasteiger partial charge on any atom is -0.368 e. The van der Waals surface area contributed by atoms with E-state index < -0.39 is 0 Å². The summed E-state index contributed by atoms with van der Waals surface area (Å²) in [5, 5.41) is 3.68. The second-order valence-corrected chi connectivity index (χ2v) is 6.74. The molecule has 0 atom stereocenters. The van der Waals surface area contributed by atoms with Crippen LogP contribution < -0.4 is 10.2 Å². The van der Waals surface area contributed by atoms with E-state index in [0.717, 1.165) is 38.4 Å². The number of aromatic nitrogens is 1. The van der Waals surface area contributed by atoms with Crippen molar-refractivity contribution in [2.24, 2.45) is 0 Å². The molecule has 0 aliphatic carbocycles. The number of amides is 1. The number of benzene rings is 1. The second-order valence-electron chi connectivity index (χ2n) is 5.90. The molecule has 1 aromatic carbocycles. The monoisotopic (exact) mass is 378 g/mol. The third-order valence-corrected chi connectivity index (χ3v) is 4.91. The van der Waals surface area contributed by atoms with E-state index >= 15 is 0 Å². The third kappa shape index (κ3) is 4.42. The van der Waals surface area contributed by atoms with Crippen molar-refractivity contribution in [2.45, 2.75) is 6.92 Å². The van der Waals surface area contributed by atoms with Gasteiger partial charge in [-0.1, -0.05) is 30.1 Å². The van der Waals surface area contributed by atoms with Gasteiger partial charge in [0.15, 0.2) is 0 Å². The molecule has 25 heavy (non-hydrogen) atoms. The van der Waals surface area contributed by atoms with Crippen LogP contribution in [0, 0.1) is 0 Å². The molecule has 0 radical (unpaired) electrons. The number of rotatable bonds is 4. The number of carbonyl (C=O) groups excluding carboxylic acids is 1. The summed E-state index contributed by atoms with van der Waals surface area (Å²) in [5.41, 5.74) is 1.85. The van der Waals surface area contributed by atoms with Gasteiger partial charge in [-0.25, -0.2) is 4.98 Å². The molecule has 0 bridgehead atoms. The number of likely N-dealkylation sites (N-methyl/N-ethyl adjacent to an activating group) is 1. The van der Waals surface area contributed by atoms with Gasteiger partial charge in [-0.15, -0.1) is 0 Å². The maximum atomic E-state index is 12.4. The van der Waals surface area contributed by atoms with Crippen molar-refractivity contribution in [3.8, 4) is 0 Å². The molecule has 5 nitrogen and oxygen atoms in total. The van der Waals surface area contributed by atoms with Crippen molar-refractivity contribution >= 4 is 40.5 Å². The fourth-order valence-corrected chi connectivity index (χ4v) is 3.15. The fraction of sp³-hybridized carbons (Fsp3) is 0.333. The summed E-state index contributed by atoms with van der Waals surface area (Å²) in [6.07, 6.45) is 1.75. The van der Waals surface area contributed by atoms with Gasteiger partial charge in [-0.3, -0.25) is 4.79 Å². The van der Waals surface area contributed by atoms with Crippen LogP contribution >= 0.6 is 23.2 Å². The number of piperazine rings is 1. The summed E-state index contributed by atoms with van der Waals surface area (Å²) >= 11 is 12.0. The van der Waals surface area contributed by atoms with Crippen molar-refractivity contribution in [3.05, 3.63) is 52.3 Å². The molecule has 1 aliphatic rings. The van der Waals surface area contributed by atoms with E-state index in [1.807, 2.05) is 6.07 Å². The van der Waals surface area contributed by atoms with Crippen molar-refractivity contribution in [1.82, 2.24) is 9.88 Å². The van der Waals surface area contributed by atoms with Crippen LogP contribution in [0.2, 0.25) is 10.0 Å². The van der Waals surface area contributed by atoms with Gasteiger partial charge in [-0.05, 0) is 36.9 Å². The van der Waals surface area contributed by atoms with E-state index in [-0.39, 0.29) is 5.91 Å². The quantitative estimate of drug-likeness (QED) is 0.879. The first-order chi connectivity index (χ1) is 12.1. The summed E-state index contributed by atoms with van der Waals surface area (Å²) in [6.45, 7) is 7.30. The van der Waals surface area contributed by atoms with E-state index in [1.54, 1.807) is 30.5 Å². The van der Waals surface area contributed by atoms with Crippen molar-refractivity contribution in [3.63, 3.8) is 0 Å². The van der Waals surface area contributed by atoms with Crippen LogP contribution in [0.15, 0.2) is 36.5 Å². The molecule has 1 saturated heterocycles. The van der Waals surface area contributed by atoms with Crippen molar-refractivity contribution in [1.29, 1.82) is 0 Å². The van der Waals surface area contributed by atoms with E-state index in [9.17, 15) is 4.79 Å². The highest BCUT2D eigenvalue weighted by atomic mass is 35.5. The van der Waals surface area contributed by atoms with Gasteiger partial charge >= 0.3 is 0 Å². The zero-order valence-electron chi connectivity index (χ0n) is 14.0. The molecule has 1 aliphatic heterocycles. The number of carbonyl (C=O) groups is 1. The molecule has 132 valence electrons. The lowest BCUT2D eigenvalue weighted by Gasteiger charge is -2.35. The van der Waals surface area contributed by atoms with Gasteiger partial charge in [0.25, 0.3) is 5.91 Å². The maximum Gasteiger partial charge on any atom is 0.274 e. The SMILES string of the molecule is CCN1CCN(c2ccc(C(=O)Nc3cc(Cl)ccc3Cl)nc2)CC1. The molecule has 2 aromatic rings. The zero-order chi connectivity index (χ0) is 17.8. The number of anilines is 2. The number of pyridine rings is 1. The molecule has 1 fully saturated rings. The predicted molar refractivity (Wildman–Crippen MR) is 103 cm³/mol. The molecule has 0 saturated carbocycles. The van der Waals surface area contributed by atoms with E-state index in [2.05, 4.69) is 27.0 Å². The van der Waals surface area contributed by atoms with Crippen LogP contribution in [0.4, 0.5) is 11.4 Å². The Morgan fingerprint density at radius 3 is 2.56 bits per heavy atom. The molecule has 1 aromatic heterocycles. The first-order valence-corrected chi connectivity index (χ1v) is 9.02. The normalized spacial score (nSPS) is 15.2. The van der Waals surface area contributed by atoms with Gasteiger partial charge in [0.05, 0.1) is 22.6 Å². The summed E-state index contributed by atoms with van der Waals surface area (Å²) in [7, 11) is 0. The average Bonchev–Trinajstić information content (AvgIpc) is 2.65. The number of halogens is 2. The highest BCUT2D eigenvalue weighted by molar-refractivity contribution is 6.35. The van der Waals surface area contributed by atoms with E-state index in [4.69, 9.17) is 23.2 Å². The Labute approximate surface area is 157 Å². The number of hydrogen-bond acceptors (Lipinski definition) is 4. The first-order valence-electron chi connectivity index (χ1n) is 8.26. The van der Waals surface area contributed by atoms with Gasteiger partial charge in [-0.2, -0.15) is 0 Å². The fourth-order valence-electron chi connectivity index (χ4n) is 2.81. The lowest BCUT2D eigenvalue weighted by atomic mass is 10.2. The molecule has 0 unspecified atom stereocenters. The van der Waals surface area contributed by atoms with Crippen LogP contribution in [-0.2, 0) is 0 Å². The Bertz CT molecular complexity index is 743. The van der Waals surface area contributed by atoms with Crippen LogP contribution in [0.5, 0.6) is 0 Å². The summed E-state index contributed by atoms with van der Waals surface area (Å²) < 4.78 is 0. The Morgan fingerprint density at radius 2 is 1.92 bits per heavy atom. The number of nitrogens with zero attached hydrogens (tertiary/aromatic N) is 3. The Morgan fingerprint density at radius 1 is 1.16 bits per heavy atom. The standard InChI is InChI=1S/C18H20Cl2N4O/c1-2-23-7-9-24(10-8-23)14-4-6-16(21-12-14)18(25)22-17-11-13(19)3-5-15(17)20/h3-6,11-12H,2,7-10H2,1H3,(H,22,25). The minimum atomic E-state index is -0.313. The number of nitrogens with one attached hydrogen (secondary N) is 1. The highest BCUT2D eigenvalue weighted by Crippen LogP contribution is 2.26. The molecular formula is C18H20Cl2N4O. The van der Waals surface area contributed by atoms with Gasteiger partial charge < -0.3 is 15.1 Å².